The normalized spacial score (nSPS) is 13.7. The van der Waals surface area contributed by atoms with Gasteiger partial charge >= 0.3 is 0 Å². The van der Waals surface area contributed by atoms with Crippen LogP contribution in [0, 0.1) is 0 Å². The highest BCUT2D eigenvalue weighted by Crippen LogP contribution is 2.66. The molecule has 2 heteroatoms. The molecule has 0 radical (unpaired) electrons. The van der Waals surface area contributed by atoms with Crippen molar-refractivity contribution in [2.45, 2.75) is 10.8 Å². The van der Waals surface area contributed by atoms with Crippen LogP contribution in [0.5, 0.6) is 0 Å². The Labute approximate surface area is 444 Å². The summed E-state index contributed by atoms with van der Waals surface area (Å²) in [6.07, 6.45) is 0. The van der Waals surface area contributed by atoms with E-state index in [0.29, 0.717) is 0 Å². The summed E-state index contributed by atoms with van der Waals surface area (Å²) >= 11 is 0. The maximum atomic E-state index is 2.58. The monoisotopic (exact) mass is 966 g/mol. The molecule has 1 heterocycles. The number of para-hydroxylation sites is 4. The van der Waals surface area contributed by atoms with Crippen LogP contribution in [0.2, 0.25) is 0 Å². The van der Waals surface area contributed by atoms with Gasteiger partial charge < -0.3 is 9.80 Å². The molecule has 1 aliphatic heterocycles. The molecular formula is C74H50N2. The highest BCUT2D eigenvalue weighted by molar-refractivity contribution is 6.03. The second-order valence-corrected chi connectivity index (χ2v) is 20.3. The van der Waals surface area contributed by atoms with Gasteiger partial charge in [-0.3, -0.25) is 0 Å². The molecule has 0 saturated heterocycles. The number of hydrogen-bond acceptors (Lipinski definition) is 2. The molecule has 0 saturated carbocycles. The Bertz CT molecular complexity index is 4090. The van der Waals surface area contributed by atoms with Gasteiger partial charge in [-0.15, -0.1) is 0 Å². The number of anilines is 6. The van der Waals surface area contributed by atoms with Crippen LogP contribution in [-0.4, -0.2) is 0 Å². The number of rotatable bonds is 8. The Morgan fingerprint density at radius 3 is 1.39 bits per heavy atom. The van der Waals surface area contributed by atoms with Crippen molar-refractivity contribution in [1.82, 2.24) is 0 Å². The minimum atomic E-state index is -0.634. The minimum absolute atomic E-state index is 0.588. The van der Waals surface area contributed by atoms with Crippen molar-refractivity contribution >= 4 is 34.1 Å². The van der Waals surface area contributed by atoms with Crippen LogP contribution < -0.4 is 9.80 Å². The summed E-state index contributed by atoms with van der Waals surface area (Å²) in [5.74, 6) is 0. The van der Waals surface area contributed by atoms with E-state index in [1.54, 1.807) is 0 Å². The number of fused-ring (bicyclic) bond motifs is 12. The fourth-order valence-electron chi connectivity index (χ4n) is 13.6. The number of nitrogens with zero attached hydrogens (tertiary/aromatic N) is 2. The molecule has 0 aromatic heterocycles. The fourth-order valence-corrected chi connectivity index (χ4v) is 13.6. The number of benzene rings is 12. The van der Waals surface area contributed by atoms with Crippen LogP contribution in [0.3, 0.4) is 0 Å². The quantitative estimate of drug-likeness (QED) is 0.150. The van der Waals surface area contributed by atoms with E-state index in [-0.39, 0.29) is 0 Å². The Kier molecular flexibility index (Phi) is 10.0. The van der Waals surface area contributed by atoms with Gasteiger partial charge in [-0.2, -0.15) is 0 Å². The van der Waals surface area contributed by atoms with Crippen molar-refractivity contribution in [1.29, 1.82) is 0 Å². The van der Waals surface area contributed by atoms with Gasteiger partial charge in [0.2, 0.25) is 0 Å². The molecule has 76 heavy (non-hydrogen) atoms. The van der Waals surface area contributed by atoms with Crippen molar-refractivity contribution < 1.29 is 0 Å². The third kappa shape index (κ3) is 6.28. The maximum absolute atomic E-state index is 2.58. The van der Waals surface area contributed by atoms with E-state index in [4.69, 9.17) is 0 Å². The van der Waals surface area contributed by atoms with Crippen LogP contribution >= 0.6 is 0 Å². The molecule has 356 valence electrons. The molecule has 2 aliphatic carbocycles. The molecule has 1 spiro atoms. The highest BCUT2D eigenvalue weighted by Gasteiger charge is 2.53. The lowest BCUT2D eigenvalue weighted by molar-refractivity contribution is 0.752. The summed E-state index contributed by atoms with van der Waals surface area (Å²) in [5.41, 5.74) is 25.3. The summed E-state index contributed by atoms with van der Waals surface area (Å²) in [5, 5.41) is 0. The standard InChI is InChI=1S/C74H50N2/c1-5-25-51(26-6-1)52-27-23-28-53(49-52)58-35-15-20-43-68(58)76(57-47-48-60-59-36-13-16-38-62(59)73(67(60)50-57,54-29-7-2-8-30-54)55-31-9-3-10-32-55)71-46-24-42-66-72(71)61-37-14-17-39-63(61)74(66)64-40-18-21-44-69(64)75(56-33-11-4-12-34-56)70-45-22-19-41-65(70)74/h1-50H. The van der Waals surface area contributed by atoms with Crippen LogP contribution in [0.25, 0.3) is 44.5 Å². The lowest BCUT2D eigenvalue weighted by Crippen LogP contribution is -2.36. The molecule has 2 nitrogen and oxygen atoms in total. The molecular weight excluding hydrogens is 917 g/mol. The highest BCUT2D eigenvalue weighted by atomic mass is 15.2. The molecule has 0 N–H and O–H groups in total. The van der Waals surface area contributed by atoms with Crippen molar-refractivity contribution in [3.8, 4) is 44.5 Å². The Morgan fingerprint density at radius 2 is 0.724 bits per heavy atom. The first kappa shape index (κ1) is 43.8. The zero-order valence-electron chi connectivity index (χ0n) is 41.8. The Morgan fingerprint density at radius 1 is 0.263 bits per heavy atom. The van der Waals surface area contributed by atoms with Gasteiger partial charge in [0.15, 0.2) is 0 Å². The topological polar surface area (TPSA) is 6.48 Å². The first-order valence-corrected chi connectivity index (χ1v) is 26.4. The first-order chi connectivity index (χ1) is 37.7. The predicted octanol–water partition coefficient (Wildman–Crippen LogP) is 19.0. The van der Waals surface area contributed by atoms with E-state index >= 15 is 0 Å². The van der Waals surface area contributed by atoms with Gasteiger partial charge in [-0.1, -0.05) is 249 Å². The summed E-state index contributed by atoms with van der Waals surface area (Å²) in [6.45, 7) is 0. The predicted molar refractivity (Wildman–Crippen MR) is 315 cm³/mol. The van der Waals surface area contributed by atoms with Crippen molar-refractivity contribution in [2.75, 3.05) is 9.80 Å². The zero-order chi connectivity index (χ0) is 50.2. The second-order valence-electron chi connectivity index (χ2n) is 20.3. The van der Waals surface area contributed by atoms with E-state index in [2.05, 4.69) is 313 Å². The van der Waals surface area contributed by atoms with Gasteiger partial charge in [0.1, 0.15) is 0 Å². The smallest absolute Gasteiger partial charge is 0.0755 e. The largest absolute Gasteiger partial charge is 0.310 e. The van der Waals surface area contributed by atoms with Crippen LogP contribution in [0.4, 0.5) is 34.1 Å². The lowest BCUT2D eigenvalue weighted by atomic mass is 9.64. The van der Waals surface area contributed by atoms with Gasteiger partial charge in [0.05, 0.1) is 33.6 Å². The third-order valence-corrected chi connectivity index (χ3v) is 16.5. The van der Waals surface area contributed by atoms with Crippen molar-refractivity contribution in [3.63, 3.8) is 0 Å². The van der Waals surface area contributed by atoms with Crippen LogP contribution in [0.1, 0.15) is 44.5 Å². The van der Waals surface area contributed by atoms with E-state index in [9.17, 15) is 0 Å². The Hall–Kier alpha value is -9.76. The molecule has 0 unspecified atom stereocenters. The summed E-state index contributed by atoms with van der Waals surface area (Å²) < 4.78 is 0. The maximum Gasteiger partial charge on any atom is 0.0755 e. The number of hydrogen-bond donors (Lipinski definition) is 0. The second kappa shape index (κ2) is 17.4. The lowest BCUT2D eigenvalue weighted by Gasteiger charge is -2.45. The minimum Gasteiger partial charge on any atom is -0.310 e. The first-order valence-electron chi connectivity index (χ1n) is 26.4. The average molecular weight is 967 g/mol. The van der Waals surface area contributed by atoms with Gasteiger partial charge in [-0.05, 0) is 132 Å². The summed E-state index contributed by atoms with van der Waals surface area (Å²) in [6, 6.07) is 113. The molecule has 15 rings (SSSR count). The molecule has 0 bridgehead atoms. The van der Waals surface area contributed by atoms with Crippen molar-refractivity contribution in [2.24, 2.45) is 0 Å². The Balaban J connectivity index is 1.04. The molecule has 3 aliphatic rings. The van der Waals surface area contributed by atoms with E-state index < -0.39 is 10.8 Å². The molecule has 12 aromatic rings. The van der Waals surface area contributed by atoms with Gasteiger partial charge in [0.25, 0.3) is 0 Å². The van der Waals surface area contributed by atoms with Crippen molar-refractivity contribution in [3.05, 3.63) is 348 Å². The molecule has 0 fully saturated rings. The van der Waals surface area contributed by atoms with E-state index in [1.165, 1.54) is 89.3 Å². The third-order valence-electron chi connectivity index (χ3n) is 16.5. The van der Waals surface area contributed by atoms with E-state index in [1.807, 2.05) is 0 Å². The van der Waals surface area contributed by atoms with Crippen LogP contribution in [-0.2, 0) is 10.8 Å². The molecule has 0 amide bonds. The fraction of sp³-hybridized carbons (Fsp3) is 0.0270. The summed E-state index contributed by atoms with van der Waals surface area (Å²) in [7, 11) is 0. The molecule has 0 atom stereocenters. The van der Waals surface area contributed by atoms with Gasteiger partial charge in [0, 0.05) is 22.5 Å². The average Bonchev–Trinajstić information content (AvgIpc) is 4.17. The zero-order valence-corrected chi connectivity index (χ0v) is 41.8. The summed E-state index contributed by atoms with van der Waals surface area (Å²) in [4.78, 5) is 5.04. The van der Waals surface area contributed by atoms with E-state index in [0.717, 1.165) is 33.9 Å². The SMILES string of the molecule is c1ccc(-c2cccc(-c3ccccc3N(c3ccc4c(c3)C(c3ccccc3)(c3ccccc3)c3ccccc3-4)c3cccc4c3-c3ccccc3C43c4ccccc4N(c4ccccc4)c4ccccc43)c2)cc1. The van der Waals surface area contributed by atoms with Crippen LogP contribution in [0.15, 0.2) is 303 Å². The molecule has 12 aromatic carbocycles. The van der Waals surface area contributed by atoms with Gasteiger partial charge in [-0.25, -0.2) is 0 Å².